The number of rotatable bonds is 5. The molecule has 134 valence electrons. The molecule has 0 amide bonds. The van der Waals surface area contributed by atoms with Crippen LogP contribution in [-0.2, 0) is 0 Å². The Kier molecular flexibility index (Phi) is 5.97. The van der Waals surface area contributed by atoms with E-state index >= 15 is 0 Å². The fourth-order valence-corrected chi connectivity index (χ4v) is 3.36. The van der Waals surface area contributed by atoms with Gasteiger partial charge in [0.05, 0.1) is 34.9 Å². The Bertz CT molecular complexity index is 851. The summed E-state index contributed by atoms with van der Waals surface area (Å²) in [5.41, 5.74) is 1.51. The molecule has 0 unspecified atom stereocenters. The lowest BCUT2D eigenvalue weighted by Gasteiger charge is -2.16. The van der Waals surface area contributed by atoms with E-state index in [0.29, 0.717) is 38.4 Å². The molecule has 1 saturated carbocycles. The molecule has 26 heavy (non-hydrogen) atoms. The number of hydrogen-bond acceptors (Lipinski definition) is 5. The highest BCUT2D eigenvalue weighted by Crippen LogP contribution is 2.34. The van der Waals surface area contributed by atoms with Crippen LogP contribution in [0.25, 0.3) is 11.6 Å². The summed E-state index contributed by atoms with van der Waals surface area (Å²) in [6.07, 6.45) is 10.6. The van der Waals surface area contributed by atoms with Crippen LogP contribution >= 0.6 is 23.2 Å². The van der Waals surface area contributed by atoms with E-state index in [2.05, 4.69) is 16.0 Å². The maximum atomic E-state index is 9.60. The molecule has 1 fully saturated rings. The second kappa shape index (κ2) is 8.39. The molecule has 5 nitrogen and oxygen atoms in total. The number of nitrogens with zero attached hydrogens (tertiary/aromatic N) is 3. The van der Waals surface area contributed by atoms with Crippen molar-refractivity contribution in [2.75, 3.05) is 7.11 Å². The number of methoxy groups -OCH3 is 1. The Hall–Kier alpha value is -2.29. The molecule has 2 aromatic heterocycles. The molecule has 0 aromatic carbocycles. The quantitative estimate of drug-likeness (QED) is 0.659. The third-order valence-electron chi connectivity index (χ3n) is 4.22. The van der Waals surface area contributed by atoms with Gasteiger partial charge in [-0.25, -0.2) is 4.98 Å². The van der Waals surface area contributed by atoms with Crippen molar-refractivity contribution in [1.82, 2.24) is 9.97 Å². The first-order valence-corrected chi connectivity index (χ1v) is 9.00. The number of hydrogen-bond donors (Lipinski definition) is 0. The molecular weight excluding hydrogens is 373 g/mol. The van der Waals surface area contributed by atoms with E-state index in [1.807, 2.05) is 0 Å². The Balaban J connectivity index is 1.98. The first-order chi connectivity index (χ1) is 12.6. The van der Waals surface area contributed by atoms with Crippen molar-refractivity contribution in [3.05, 3.63) is 45.8 Å². The second-order valence-electron chi connectivity index (χ2n) is 5.94. The van der Waals surface area contributed by atoms with Crippen LogP contribution in [0, 0.1) is 11.3 Å². The summed E-state index contributed by atoms with van der Waals surface area (Å²) in [5, 5.41) is 10.3. The minimum atomic E-state index is 0.152. The molecule has 0 N–H and O–H groups in total. The van der Waals surface area contributed by atoms with E-state index < -0.39 is 0 Å². The normalized spacial score (nSPS) is 14.9. The zero-order valence-electron chi connectivity index (χ0n) is 14.2. The monoisotopic (exact) mass is 389 g/mol. The van der Waals surface area contributed by atoms with E-state index in [0.717, 1.165) is 25.7 Å². The zero-order valence-corrected chi connectivity index (χ0v) is 15.7. The Morgan fingerprint density at radius 3 is 2.54 bits per heavy atom. The van der Waals surface area contributed by atoms with Crippen LogP contribution in [0.4, 0.5) is 0 Å². The van der Waals surface area contributed by atoms with Crippen molar-refractivity contribution in [2.24, 2.45) is 0 Å². The predicted molar refractivity (Wildman–Crippen MR) is 101 cm³/mol. The van der Waals surface area contributed by atoms with Crippen LogP contribution < -0.4 is 9.47 Å². The second-order valence-corrected chi connectivity index (χ2v) is 6.76. The van der Waals surface area contributed by atoms with Crippen molar-refractivity contribution in [1.29, 1.82) is 5.26 Å². The summed E-state index contributed by atoms with van der Waals surface area (Å²) in [6.45, 7) is 0. The number of halogens is 2. The standard InChI is InChI=1S/C19H17Cl2N3O2/c1-25-19-18(26-14-4-2-3-5-14)7-13(9-24-19)12(8-22)6-15-16(20)10-23-11-17(15)21/h6-7,9-11,14H,2-5H2,1H3. The maximum absolute atomic E-state index is 9.60. The van der Waals surface area contributed by atoms with Gasteiger partial charge in [0.2, 0.25) is 0 Å². The smallest absolute Gasteiger partial charge is 0.256 e. The van der Waals surface area contributed by atoms with Gasteiger partial charge >= 0.3 is 0 Å². The Morgan fingerprint density at radius 1 is 1.23 bits per heavy atom. The first kappa shape index (κ1) is 18.5. The van der Waals surface area contributed by atoms with E-state index in [4.69, 9.17) is 32.7 Å². The van der Waals surface area contributed by atoms with Crippen molar-refractivity contribution >= 4 is 34.9 Å². The van der Waals surface area contributed by atoms with Gasteiger partial charge in [0, 0.05) is 29.7 Å². The van der Waals surface area contributed by atoms with Crippen LogP contribution in [0.2, 0.25) is 10.0 Å². The van der Waals surface area contributed by atoms with Gasteiger partial charge in [0.1, 0.15) is 0 Å². The molecule has 0 spiro atoms. The van der Waals surface area contributed by atoms with Gasteiger partial charge < -0.3 is 9.47 Å². The van der Waals surface area contributed by atoms with Gasteiger partial charge in [-0.05, 0) is 37.8 Å². The molecule has 1 aliphatic rings. The molecule has 2 heterocycles. The number of aromatic nitrogens is 2. The number of ether oxygens (including phenoxy) is 2. The van der Waals surface area contributed by atoms with E-state index in [-0.39, 0.29) is 6.10 Å². The molecule has 0 radical (unpaired) electrons. The van der Waals surface area contributed by atoms with Gasteiger partial charge in [0.25, 0.3) is 5.88 Å². The van der Waals surface area contributed by atoms with E-state index in [9.17, 15) is 5.26 Å². The lowest BCUT2D eigenvalue weighted by Crippen LogP contribution is -2.12. The summed E-state index contributed by atoms with van der Waals surface area (Å²) >= 11 is 12.3. The summed E-state index contributed by atoms with van der Waals surface area (Å²) < 4.78 is 11.3. The summed E-state index contributed by atoms with van der Waals surface area (Å²) in [6, 6.07) is 3.93. The highest BCUT2D eigenvalue weighted by atomic mass is 35.5. The lowest BCUT2D eigenvalue weighted by atomic mass is 10.1. The summed E-state index contributed by atoms with van der Waals surface area (Å²) in [4.78, 5) is 8.20. The Morgan fingerprint density at radius 2 is 1.92 bits per heavy atom. The number of nitriles is 1. The van der Waals surface area contributed by atoms with Gasteiger partial charge in [-0.1, -0.05) is 23.2 Å². The molecule has 3 rings (SSSR count). The van der Waals surface area contributed by atoms with Crippen LogP contribution in [0.15, 0.2) is 24.7 Å². The van der Waals surface area contributed by atoms with Crippen molar-refractivity contribution in [2.45, 2.75) is 31.8 Å². The maximum Gasteiger partial charge on any atom is 0.256 e. The lowest BCUT2D eigenvalue weighted by molar-refractivity contribution is 0.198. The van der Waals surface area contributed by atoms with E-state index in [1.54, 1.807) is 25.4 Å². The molecule has 1 aliphatic carbocycles. The number of allylic oxidation sites excluding steroid dienone is 1. The fraction of sp³-hybridized carbons (Fsp3) is 0.316. The van der Waals surface area contributed by atoms with Crippen LogP contribution in [-0.4, -0.2) is 23.2 Å². The zero-order chi connectivity index (χ0) is 18.5. The van der Waals surface area contributed by atoms with Crippen LogP contribution in [0.1, 0.15) is 36.8 Å². The van der Waals surface area contributed by atoms with Gasteiger partial charge in [-0.2, -0.15) is 5.26 Å². The number of pyridine rings is 2. The van der Waals surface area contributed by atoms with Crippen LogP contribution in [0.3, 0.4) is 0 Å². The minimum absolute atomic E-state index is 0.152. The van der Waals surface area contributed by atoms with Gasteiger partial charge in [-0.15, -0.1) is 0 Å². The Labute approximate surface area is 162 Å². The van der Waals surface area contributed by atoms with Crippen molar-refractivity contribution in [3.63, 3.8) is 0 Å². The fourth-order valence-electron chi connectivity index (χ4n) is 2.89. The largest absolute Gasteiger partial charge is 0.485 e. The summed E-state index contributed by atoms with van der Waals surface area (Å²) in [7, 11) is 1.54. The van der Waals surface area contributed by atoms with Gasteiger partial charge in [-0.3, -0.25) is 4.98 Å². The van der Waals surface area contributed by atoms with E-state index in [1.165, 1.54) is 12.4 Å². The molecule has 0 bridgehead atoms. The highest BCUT2D eigenvalue weighted by Gasteiger charge is 2.20. The predicted octanol–water partition coefficient (Wildman–Crippen LogP) is 5.18. The molecule has 0 atom stereocenters. The third-order valence-corrected chi connectivity index (χ3v) is 4.82. The average molecular weight is 390 g/mol. The van der Waals surface area contributed by atoms with Crippen molar-refractivity contribution in [3.8, 4) is 17.7 Å². The highest BCUT2D eigenvalue weighted by molar-refractivity contribution is 6.37. The summed E-state index contributed by atoms with van der Waals surface area (Å²) in [5.74, 6) is 0.933. The topological polar surface area (TPSA) is 68.0 Å². The van der Waals surface area contributed by atoms with Gasteiger partial charge in [0.15, 0.2) is 5.75 Å². The molecular formula is C19H17Cl2N3O2. The van der Waals surface area contributed by atoms with Crippen molar-refractivity contribution < 1.29 is 9.47 Å². The SMILES string of the molecule is COc1ncc(C(C#N)=Cc2c(Cl)cncc2Cl)cc1OC1CCCC1. The molecule has 2 aromatic rings. The average Bonchev–Trinajstić information content (AvgIpc) is 3.15. The van der Waals surface area contributed by atoms with Crippen LogP contribution in [0.5, 0.6) is 11.6 Å². The molecule has 0 saturated heterocycles. The minimum Gasteiger partial charge on any atom is -0.485 e. The first-order valence-electron chi connectivity index (χ1n) is 8.24. The third kappa shape index (κ3) is 4.09. The molecule has 0 aliphatic heterocycles. The molecule has 7 heteroatoms.